The Labute approximate surface area is 115 Å². The third-order valence-electron chi connectivity index (χ3n) is 3.12. The van der Waals surface area contributed by atoms with E-state index in [0.717, 1.165) is 11.6 Å². The van der Waals surface area contributed by atoms with E-state index in [1.54, 1.807) is 19.2 Å². The first-order valence-corrected chi connectivity index (χ1v) is 6.12. The van der Waals surface area contributed by atoms with Gasteiger partial charge in [-0.1, -0.05) is 0 Å². The highest BCUT2D eigenvalue weighted by molar-refractivity contribution is 5.79. The van der Waals surface area contributed by atoms with Gasteiger partial charge >= 0.3 is 0 Å². The molecule has 5 heteroatoms. The molecule has 1 atom stereocenters. The zero-order valence-corrected chi connectivity index (χ0v) is 10.8. The minimum absolute atomic E-state index is 0.393. The van der Waals surface area contributed by atoms with Crippen molar-refractivity contribution >= 4 is 11.0 Å². The quantitative estimate of drug-likeness (QED) is 0.796. The van der Waals surface area contributed by atoms with Crippen LogP contribution < -0.4 is 10.5 Å². The van der Waals surface area contributed by atoms with Gasteiger partial charge in [0.25, 0.3) is 0 Å². The number of furan rings is 1. The third kappa shape index (κ3) is 2.23. The van der Waals surface area contributed by atoms with Gasteiger partial charge in [0.05, 0.1) is 19.0 Å². The topological polar surface area (TPSA) is 61.3 Å². The van der Waals surface area contributed by atoms with Gasteiger partial charge in [-0.3, -0.25) is 4.98 Å². The number of rotatable bonds is 3. The van der Waals surface area contributed by atoms with Crippen LogP contribution >= 0.6 is 0 Å². The number of pyridine rings is 1. The number of hydrogen-bond acceptors (Lipinski definition) is 4. The average molecular weight is 272 g/mol. The number of aromatic nitrogens is 1. The summed E-state index contributed by atoms with van der Waals surface area (Å²) in [6.07, 6.45) is 1.14. The second kappa shape index (κ2) is 4.94. The van der Waals surface area contributed by atoms with Crippen molar-refractivity contribution in [1.82, 2.24) is 4.98 Å². The summed E-state index contributed by atoms with van der Waals surface area (Å²) in [6, 6.07) is 9.74. The highest BCUT2D eigenvalue weighted by Gasteiger charge is 2.15. The number of benzene rings is 1. The van der Waals surface area contributed by atoms with Gasteiger partial charge in [-0.05, 0) is 30.3 Å². The molecule has 2 heterocycles. The lowest BCUT2D eigenvalue weighted by atomic mass is 10.1. The van der Waals surface area contributed by atoms with E-state index in [0.29, 0.717) is 22.8 Å². The van der Waals surface area contributed by atoms with Crippen molar-refractivity contribution < 1.29 is 13.5 Å². The molecule has 20 heavy (non-hydrogen) atoms. The highest BCUT2D eigenvalue weighted by Crippen LogP contribution is 2.28. The van der Waals surface area contributed by atoms with E-state index >= 15 is 0 Å². The summed E-state index contributed by atoms with van der Waals surface area (Å²) in [7, 11) is 1.60. The summed E-state index contributed by atoms with van der Waals surface area (Å²) in [5, 5.41) is 0.929. The van der Waals surface area contributed by atoms with Gasteiger partial charge < -0.3 is 14.9 Å². The van der Waals surface area contributed by atoms with E-state index in [4.69, 9.17) is 14.9 Å². The zero-order chi connectivity index (χ0) is 14.1. The molecular formula is C15H13FN2O2. The normalized spacial score (nSPS) is 12.6. The average Bonchev–Trinajstić information content (AvgIpc) is 2.90. The lowest BCUT2D eigenvalue weighted by molar-refractivity contribution is 0.414. The fourth-order valence-corrected chi connectivity index (χ4v) is 2.03. The number of nitrogens with zero attached hydrogens (tertiary/aromatic N) is 1. The van der Waals surface area contributed by atoms with Gasteiger partial charge in [0.1, 0.15) is 29.0 Å². The van der Waals surface area contributed by atoms with Gasteiger partial charge in [-0.2, -0.15) is 0 Å². The van der Waals surface area contributed by atoms with E-state index in [9.17, 15) is 4.39 Å². The molecule has 3 aromatic rings. The first-order valence-electron chi connectivity index (χ1n) is 6.12. The van der Waals surface area contributed by atoms with Crippen molar-refractivity contribution in [3.63, 3.8) is 0 Å². The van der Waals surface area contributed by atoms with E-state index in [1.165, 1.54) is 6.07 Å². The lowest BCUT2D eigenvalue weighted by Gasteiger charge is -2.07. The van der Waals surface area contributed by atoms with Gasteiger partial charge in [0, 0.05) is 11.5 Å². The van der Waals surface area contributed by atoms with Crippen molar-refractivity contribution in [1.29, 1.82) is 0 Å². The van der Waals surface area contributed by atoms with Crippen LogP contribution in [0, 0.1) is 5.82 Å². The van der Waals surface area contributed by atoms with Crippen LogP contribution in [0.2, 0.25) is 0 Å². The molecule has 0 spiro atoms. The number of methoxy groups -OCH3 is 1. The van der Waals surface area contributed by atoms with E-state index < -0.39 is 11.9 Å². The molecule has 0 aliphatic heterocycles. The van der Waals surface area contributed by atoms with E-state index in [-0.39, 0.29) is 0 Å². The van der Waals surface area contributed by atoms with Gasteiger partial charge in [0.2, 0.25) is 0 Å². The molecule has 0 bridgehead atoms. The third-order valence-corrected chi connectivity index (χ3v) is 3.12. The van der Waals surface area contributed by atoms with Crippen molar-refractivity contribution in [2.24, 2.45) is 5.73 Å². The Morgan fingerprint density at radius 3 is 2.80 bits per heavy atom. The Kier molecular flexibility index (Phi) is 3.12. The van der Waals surface area contributed by atoms with Crippen molar-refractivity contribution in [3.05, 3.63) is 59.9 Å². The molecule has 0 aliphatic carbocycles. The van der Waals surface area contributed by atoms with Gasteiger partial charge in [-0.25, -0.2) is 4.39 Å². The Balaban J connectivity index is 1.98. The molecule has 0 aliphatic rings. The zero-order valence-electron chi connectivity index (χ0n) is 10.8. The molecule has 1 aromatic carbocycles. The monoisotopic (exact) mass is 272 g/mol. The molecule has 3 rings (SSSR count). The second-order valence-electron chi connectivity index (χ2n) is 4.43. The fraction of sp³-hybridized carbons (Fsp3) is 0.133. The number of nitrogens with two attached hydrogens (primary N) is 1. The van der Waals surface area contributed by atoms with E-state index in [2.05, 4.69) is 4.98 Å². The summed E-state index contributed by atoms with van der Waals surface area (Å²) in [6.45, 7) is 0. The van der Waals surface area contributed by atoms with Crippen LogP contribution in [0.4, 0.5) is 4.39 Å². The summed E-state index contributed by atoms with van der Waals surface area (Å²) in [5.74, 6) is 0.898. The van der Waals surface area contributed by atoms with Gasteiger partial charge in [0.15, 0.2) is 0 Å². The standard InChI is InChI=1S/C15H13FN2O2/c1-19-11-4-2-9-6-14(20-13(9)7-11)15(17)12-5-3-10(16)8-18-12/h2-8,15H,17H2,1H3. The highest BCUT2D eigenvalue weighted by atomic mass is 19.1. The van der Waals surface area contributed by atoms with Crippen LogP contribution in [0.3, 0.4) is 0 Å². The molecule has 0 amide bonds. The minimum atomic E-state index is -0.533. The molecule has 0 fully saturated rings. The summed E-state index contributed by atoms with van der Waals surface area (Å²) in [5.41, 5.74) is 7.34. The van der Waals surface area contributed by atoms with Crippen molar-refractivity contribution in [3.8, 4) is 5.75 Å². The maximum atomic E-state index is 12.9. The number of hydrogen-bond donors (Lipinski definition) is 1. The molecule has 2 aromatic heterocycles. The fourth-order valence-electron chi connectivity index (χ4n) is 2.03. The van der Waals surface area contributed by atoms with Crippen LogP contribution in [0.5, 0.6) is 5.75 Å². The SMILES string of the molecule is COc1ccc2cc(C(N)c3ccc(F)cn3)oc2c1. The summed E-state index contributed by atoms with van der Waals surface area (Å²) >= 11 is 0. The molecule has 2 N–H and O–H groups in total. The Hall–Kier alpha value is -2.40. The lowest BCUT2D eigenvalue weighted by Crippen LogP contribution is -2.12. The minimum Gasteiger partial charge on any atom is -0.497 e. The van der Waals surface area contributed by atoms with E-state index in [1.807, 2.05) is 18.2 Å². The van der Waals surface area contributed by atoms with Crippen LogP contribution in [-0.4, -0.2) is 12.1 Å². The first-order chi connectivity index (χ1) is 9.67. The number of halogens is 1. The molecule has 4 nitrogen and oxygen atoms in total. The predicted octanol–water partition coefficient (Wildman–Crippen LogP) is 3.02. The van der Waals surface area contributed by atoms with Gasteiger partial charge in [-0.15, -0.1) is 0 Å². The predicted molar refractivity (Wildman–Crippen MR) is 73.0 cm³/mol. The molecule has 0 saturated carbocycles. The Bertz CT molecular complexity index is 737. The maximum Gasteiger partial charge on any atom is 0.141 e. The van der Waals surface area contributed by atoms with Crippen LogP contribution in [-0.2, 0) is 0 Å². The summed E-state index contributed by atoms with van der Waals surface area (Å²) < 4.78 is 23.7. The molecule has 1 unspecified atom stereocenters. The Morgan fingerprint density at radius 1 is 1.25 bits per heavy atom. The molecule has 0 radical (unpaired) electrons. The first kappa shape index (κ1) is 12.6. The maximum absolute atomic E-state index is 12.9. The van der Waals surface area contributed by atoms with Crippen molar-refractivity contribution in [2.75, 3.05) is 7.11 Å². The van der Waals surface area contributed by atoms with Crippen LogP contribution in [0.1, 0.15) is 17.5 Å². The number of ether oxygens (including phenoxy) is 1. The second-order valence-corrected chi connectivity index (χ2v) is 4.43. The summed E-state index contributed by atoms with van der Waals surface area (Å²) in [4.78, 5) is 3.97. The Morgan fingerprint density at radius 2 is 2.10 bits per heavy atom. The van der Waals surface area contributed by atoms with Crippen molar-refractivity contribution in [2.45, 2.75) is 6.04 Å². The molecule has 102 valence electrons. The molecule has 0 saturated heterocycles. The molecular weight excluding hydrogens is 259 g/mol. The largest absolute Gasteiger partial charge is 0.497 e. The number of fused-ring (bicyclic) bond motifs is 1. The van der Waals surface area contributed by atoms with Crippen LogP contribution in [0.25, 0.3) is 11.0 Å². The van der Waals surface area contributed by atoms with Crippen LogP contribution in [0.15, 0.2) is 47.0 Å². The smallest absolute Gasteiger partial charge is 0.141 e.